The molecule has 4 N–H and O–H groups in total. The molecule has 1 aliphatic carbocycles. The number of rotatable bonds is 4. The van der Waals surface area contributed by atoms with Gasteiger partial charge in [0.1, 0.15) is 5.02 Å². The van der Waals surface area contributed by atoms with Gasteiger partial charge in [0.15, 0.2) is 5.82 Å². The zero-order valence-electron chi connectivity index (χ0n) is 10.3. The summed E-state index contributed by atoms with van der Waals surface area (Å²) in [6.07, 6.45) is 6.10. The van der Waals surface area contributed by atoms with E-state index < -0.39 is 0 Å². The number of aromatic amines is 1. The first kappa shape index (κ1) is 13.4. The topological polar surface area (TPSA) is 83.8 Å². The van der Waals surface area contributed by atoms with Crippen molar-refractivity contribution in [2.45, 2.75) is 25.7 Å². The van der Waals surface area contributed by atoms with E-state index in [1.807, 2.05) is 0 Å². The predicted molar refractivity (Wildman–Crippen MR) is 72.9 cm³/mol. The summed E-state index contributed by atoms with van der Waals surface area (Å²) in [4.78, 5) is 17.8. The van der Waals surface area contributed by atoms with Crippen LogP contribution >= 0.6 is 11.6 Å². The van der Waals surface area contributed by atoms with Crippen LogP contribution in [-0.2, 0) is 0 Å². The van der Waals surface area contributed by atoms with Gasteiger partial charge in [0.2, 0.25) is 0 Å². The average molecular weight is 271 g/mol. The maximum atomic E-state index is 11.3. The van der Waals surface area contributed by atoms with Crippen LogP contribution < -0.4 is 16.6 Å². The SMILES string of the molecule is NCC1CCC(CNc2nc[nH]c(=O)c2Cl)CC1. The molecule has 0 amide bonds. The molecule has 0 radical (unpaired) electrons. The maximum absolute atomic E-state index is 11.3. The van der Waals surface area contributed by atoms with E-state index in [-0.39, 0.29) is 10.6 Å². The van der Waals surface area contributed by atoms with E-state index in [4.69, 9.17) is 17.3 Å². The number of halogens is 1. The summed E-state index contributed by atoms with van der Waals surface area (Å²) in [5.74, 6) is 1.77. The minimum Gasteiger partial charge on any atom is -0.368 e. The van der Waals surface area contributed by atoms with Gasteiger partial charge in [-0.05, 0) is 44.1 Å². The highest BCUT2D eigenvalue weighted by molar-refractivity contribution is 6.32. The Balaban J connectivity index is 1.85. The Morgan fingerprint density at radius 1 is 1.39 bits per heavy atom. The number of aromatic nitrogens is 2. The first-order valence-corrected chi connectivity index (χ1v) is 6.75. The average Bonchev–Trinajstić information content (AvgIpc) is 2.41. The van der Waals surface area contributed by atoms with Crippen molar-refractivity contribution in [3.8, 4) is 0 Å². The molecule has 1 heterocycles. The van der Waals surface area contributed by atoms with Crippen LogP contribution in [0.4, 0.5) is 5.82 Å². The van der Waals surface area contributed by atoms with Gasteiger partial charge in [-0.25, -0.2) is 4.98 Å². The van der Waals surface area contributed by atoms with Crippen molar-refractivity contribution in [1.29, 1.82) is 0 Å². The number of nitrogens with zero attached hydrogens (tertiary/aromatic N) is 1. The van der Waals surface area contributed by atoms with Gasteiger partial charge in [-0.15, -0.1) is 0 Å². The van der Waals surface area contributed by atoms with Gasteiger partial charge in [0, 0.05) is 6.54 Å². The third-order valence-corrected chi connectivity index (χ3v) is 4.01. The summed E-state index contributed by atoms with van der Waals surface area (Å²) >= 11 is 5.87. The van der Waals surface area contributed by atoms with Gasteiger partial charge >= 0.3 is 0 Å². The molecule has 0 aliphatic heterocycles. The summed E-state index contributed by atoms with van der Waals surface area (Å²) in [7, 11) is 0. The molecule has 1 fully saturated rings. The summed E-state index contributed by atoms with van der Waals surface area (Å²) in [5, 5.41) is 3.29. The minimum atomic E-state index is -0.305. The largest absolute Gasteiger partial charge is 0.368 e. The number of nitrogens with two attached hydrogens (primary N) is 1. The van der Waals surface area contributed by atoms with Crippen LogP contribution in [0.5, 0.6) is 0 Å². The number of anilines is 1. The van der Waals surface area contributed by atoms with Crippen LogP contribution in [0.3, 0.4) is 0 Å². The molecule has 1 aliphatic rings. The molecule has 6 heteroatoms. The summed E-state index contributed by atoms with van der Waals surface area (Å²) < 4.78 is 0. The van der Waals surface area contributed by atoms with Crippen LogP contribution in [0.2, 0.25) is 5.02 Å². The molecule has 0 aromatic carbocycles. The Hall–Kier alpha value is -1.07. The van der Waals surface area contributed by atoms with Crippen LogP contribution in [0, 0.1) is 11.8 Å². The van der Waals surface area contributed by atoms with E-state index in [2.05, 4.69) is 15.3 Å². The quantitative estimate of drug-likeness (QED) is 0.776. The Morgan fingerprint density at radius 2 is 2.06 bits per heavy atom. The van der Waals surface area contributed by atoms with Crippen molar-refractivity contribution < 1.29 is 0 Å². The fraction of sp³-hybridized carbons (Fsp3) is 0.667. The lowest BCUT2D eigenvalue weighted by Gasteiger charge is -2.27. The molecular formula is C12H19ClN4O. The molecule has 0 saturated heterocycles. The second-order valence-corrected chi connectivity index (χ2v) is 5.28. The number of hydrogen-bond donors (Lipinski definition) is 3. The van der Waals surface area contributed by atoms with Crippen molar-refractivity contribution in [1.82, 2.24) is 9.97 Å². The zero-order valence-corrected chi connectivity index (χ0v) is 11.0. The molecular weight excluding hydrogens is 252 g/mol. The van der Waals surface area contributed by atoms with E-state index in [0.717, 1.165) is 13.1 Å². The molecule has 0 atom stereocenters. The standard InChI is InChI=1S/C12H19ClN4O/c13-10-11(16-7-17-12(10)18)15-6-9-3-1-8(5-14)2-4-9/h7-9H,1-6,14H2,(H2,15,16,17,18). The van der Waals surface area contributed by atoms with Crippen molar-refractivity contribution in [2.24, 2.45) is 17.6 Å². The van der Waals surface area contributed by atoms with E-state index in [0.29, 0.717) is 17.7 Å². The smallest absolute Gasteiger partial charge is 0.271 e. The molecule has 1 aromatic rings. The van der Waals surface area contributed by atoms with Crippen LogP contribution in [0.25, 0.3) is 0 Å². The summed E-state index contributed by atoms with van der Waals surface area (Å²) in [6.45, 7) is 1.61. The highest BCUT2D eigenvalue weighted by atomic mass is 35.5. The molecule has 0 bridgehead atoms. The number of hydrogen-bond acceptors (Lipinski definition) is 4. The van der Waals surface area contributed by atoms with Crippen molar-refractivity contribution >= 4 is 17.4 Å². The lowest BCUT2D eigenvalue weighted by Crippen LogP contribution is -2.25. The lowest BCUT2D eigenvalue weighted by atomic mass is 9.82. The normalized spacial score (nSPS) is 23.9. The van der Waals surface area contributed by atoms with Gasteiger partial charge in [0.05, 0.1) is 6.33 Å². The fourth-order valence-corrected chi connectivity index (χ4v) is 2.59. The molecule has 18 heavy (non-hydrogen) atoms. The first-order chi connectivity index (χ1) is 8.70. The summed E-state index contributed by atoms with van der Waals surface area (Å²) in [5.41, 5.74) is 5.36. The van der Waals surface area contributed by atoms with E-state index >= 15 is 0 Å². The predicted octanol–water partition coefficient (Wildman–Crippen LogP) is 1.60. The van der Waals surface area contributed by atoms with Crippen LogP contribution in [0.15, 0.2) is 11.1 Å². The Kier molecular flexibility index (Phi) is 4.60. The van der Waals surface area contributed by atoms with Crippen molar-refractivity contribution in [3.63, 3.8) is 0 Å². The third kappa shape index (κ3) is 3.23. The number of nitrogens with one attached hydrogen (secondary N) is 2. The van der Waals surface area contributed by atoms with E-state index in [9.17, 15) is 4.79 Å². The Bertz CT molecular complexity index is 440. The summed E-state index contributed by atoms with van der Waals surface area (Å²) in [6, 6.07) is 0. The number of H-pyrrole nitrogens is 1. The van der Waals surface area contributed by atoms with Gasteiger partial charge in [-0.1, -0.05) is 11.6 Å². The molecule has 0 spiro atoms. The van der Waals surface area contributed by atoms with Crippen molar-refractivity contribution in [3.05, 3.63) is 21.7 Å². The Morgan fingerprint density at radius 3 is 2.72 bits per heavy atom. The molecule has 0 unspecified atom stereocenters. The van der Waals surface area contributed by atoms with E-state index in [1.165, 1.54) is 32.0 Å². The second-order valence-electron chi connectivity index (χ2n) is 4.90. The van der Waals surface area contributed by atoms with Gasteiger partial charge in [0.25, 0.3) is 5.56 Å². The monoisotopic (exact) mass is 270 g/mol. The van der Waals surface area contributed by atoms with Crippen LogP contribution in [0.1, 0.15) is 25.7 Å². The van der Waals surface area contributed by atoms with Gasteiger partial charge < -0.3 is 16.0 Å². The lowest BCUT2D eigenvalue weighted by molar-refractivity contribution is 0.289. The molecule has 100 valence electrons. The highest BCUT2D eigenvalue weighted by Crippen LogP contribution is 2.28. The van der Waals surface area contributed by atoms with E-state index in [1.54, 1.807) is 0 Å². The molecule has 1 saturated carbocycles. The van der Waals surface area contributed by atoms with Crippen LogP contribution in [-0.4, -0.2) is 23.1 Å². The first-order valence-electron chi connectivity index (χ1n) is 6.37. The fourth-order valence-electron chi connectivity index (χ4n) is 2.42. The van der Waals surface area contributed by atoms with Crippen molar-refractivity contribution in [2.75, 3.05) is 18.4 Å². The molecule has 2 rings (SSSR count). The third-order valence-electron chi connectivity index (χ3n) is 3.65. The second kappa shape index (κ2) is 6.20. The Labute approximate surface area is 111 Å². The molecule has 1 aromatic heterocycles. The highest BCUT2D eigenvalue weighted by Gasteiger charge is 2.20. The molecule has 5 nitrogen and oxygen atoms in total. The van der Waals surface area contributed by atoms with Gasteiger partial charge in [-0.2, -0.15) is 0 Å². The zero-order chi connectivity index (χ0) is 13.0. The minimum absolute atomic E-state index is 0.133. The van der Waals surface area contributed by atoms with Gasteiger partial charge in [-0.3, -0.25) is 4.79 Å². The maximum Gasteiger partial charge on any atom is 0.271 e.